The van der Waals surface area contributed by atoms with Gasteiger partial charge >= 0.3 is 6.09 Å². The van der Waals surface area contributed by atoms with Gasteiger partial charge in [0.1, 0.15) is 0 Å². The van der Waals surface area contributed by atoms with Gasteiger partial charge in [-0.15, -0.1) is 0 Å². The van der Waals surface area contributed by atoms with Crippen molar-refractivity contribution in [2.75, 3.05) is 32.9 Å². The Hall–Kier alpha value is -0.810. The van der Waals surface area contributed by atoms with E-state index in [1.807, 2.05) is 0 Å². The SMILES string of the molecule is CCOC(=O)NCC1COCC[N]1. The van der Waals surface area contributed by atoms with E-state index in [1.54, 1.807) is 6.92 Å². The van der Waals surface area contributed by atoms with Crippen molar-refractivity contribution >= 4 is 6.09 Å². The third kappa shape index (κ3) is 4.10. The molecule has 1 amide bonds. The molecule has 1 aliphatic rings. The summed E-state index contributed by atoms with van der Waals surface area (Å²) in [4.78, 5) is 10.9. The first-order chi connectivity index (χ1) is 6.33. The second-order valence-electron chi connectivity index (χ2n) is 2.74. The summed E-state index contributed by atoms with van der Waals surface area (Å²) in [5.74, 6) is 0. The molecule has 1 radical (unpaired) electrons. The van der Waals surface area contributed by atoms with E-state index >= 15 is 0 Å². The zero-order chi connectivity index (χ0) is 9.52. The molecule has 0 bridgehead atoms. The highest BCUT2D eigenvalue weighted by atomic mass is 16.5. The van der Waals surface area contributed by atoms with Crippen LogP contribution in [-0.4, -0.2) is 45.0 Å². The molecular formula is C8H15N2O3. The minimum Gasteiger partial charge on any atom is -0.450 e. The fourth-order valence-electron chi connectivity index (χ4n) is 1.08. The lowest BCUT2D eigenvalue weighted by Gasteiger charge is -2.21. The van der Waals surface area contributed by atoms with Crippen molar-refractivity contribution in [3.05, 3.63) is 0 Å². The number of hydrogen-bond donors (Lipinski definition) is 1. The summed E-state index contributed by atoms with van der Waals surface area (Å²) in [7, 11) is 0. The van der Waals surface area contributed by atoms with Gasteiger partial charge in [0.15, 0.2) is 0 Å². The lowest BCUT2D eigenvalue weighted by atomic mass is 10.3. The second-order valence-corrected chi connectivity index (χ2v) is 2.74. The smallest absolute Gasteiger partial charge is 0.407 e. The van der Waals surface area contributed by atoms with Gasteiger partial charge in [0.05, 0.1) is 25.9 Å². The fourth-order valence-corrected chi connectivity index (χ4v) is 1.08. The molecule has 0 aromatic carbocycles. The van der Waals surface area contributed by atoms with Crippen LogP contribution in [0, 0.1) is 0 Å². The Labute approximate surface area is 77.8 Å². The number of morpholine rings is 1. The molecule has 13 heavy (non-hydrogen) atoms. The zero-order valence-corrected chi connectivity index (χ0v) is 7.78. The van der Waals surface area contributed by atoms with Crippen LogP contribution in [0.25, 0.3) is 0 Å². The second kappa shape index (κ2) is 5.77. The topological polar surface area (TPSA) is 61.7 Å². The highest BCUT2D eigenvalue weighted by molar-refractivity contribution is 5.67. The summed E-state index contributed by atoms with van der Waals surface area (Å²) >= 11 is 0. The van der Waals surface area contributed by atoms with E-state index in [0.717, 1.165) is 6.54 Å². The average molecular weight is 187 g/mol. The molecule has 1 heterocycles. The molecule has 5 heteroatoms. The molecule has 1 fully saturated rings. The van der Waals surface area contributed by atoms with Crippen molar-refractivity contribution in [2.45, 2.75) is 13.0 Å². The van der Waals surface area contributed by atoms with Crippen LogP contribution in [0.5, 0.6) is 0 Å². The lowest BCUT2D eigenvalue weighted by molar-refractivity contribution is 0.0732. The number of amides is 1. The summed E-state index contributed by atoms with van der Waals surface area (Å²) in [6, 6.07) is 0.0816. The zero-order valence-electron chi connectivity index (χ0n) is 7.78. The molecule has 1 saturated heterocycles. The molecule has 0 spiro atoms. The fraction of sp³-hybridized carbons (Fsp3) is 0.875. The van der Waals surface area contributed by atoms with Gasteiger partial charge < -0.3 is 14.8 Å². The van der Waals surface area contributed by atoms with Crippen LogP contribution in [0.1, 0.15) is 6.92 Å². The van der Waals surface area contributed by atoms with Gasteiger partial charge in [-0.3, -0.25) is 0 Å². The first-order valence-corrected chi connectivity index (χ1v) is 4.48. The molecule has 1 aliphatic heterocycles. The molecule has 1 N–H and O–H groups in total. The predicted molar refractivity (Wildman–Crippen MR) is 46.6 cm³/mol. The largest absolute Gasteiger partial charge is 0.450 e. The summed E-state index contributed by atoms with van der Waals surface area (Å²) < 4.78 is 9.89. The third-order valence-corrected chi connectivity index (χ3v) is 1.69. The molecular weight excluding hydrogens is 172 g/mol. The molecule has 75 valence electrons. The van der Waals surface area contributed by atoms with Crippen LogP contribution in [0.2, 0.25) is 0 Å². The maximum absolute atomic E-state index is 10.9. The van der Waals surface area contributed by atoms with Crippen molar-refractivity contribution in [3.63, 3.8) is 0 Å². The molecule has 0 aromatic rings. The van der Waals surface area contributed by atoms with Crippen LogP contribution >= 0.6 is 0 Å². The minimum absolute atomic E-state index is 0.0816. The number of nitrogens with zero attached hydrogens (tertiary/aromatic N) is 1. The number of ether oxygens (including phenoxy) is 2. The Morgan fingerprint density at radius 3 is 3.23 bits per heavy atom. The Kier molecular flexibility index (Phi) is 4.56. The van der Waals surface area contributed by atoms with Gasteiger partial charge in [0.25, 0.3) is 0 Å². The van der Waals surface area contributed by atoms with Crippen LogP contribution in [-0.2, 0) is 9.47 Å². The molecule has 0 saturated carbocycles. The van der Waals surface area contributed by atoms with Crippen molar-refractivity contribution in [3.8, 4) is 0 Å². The Morgan fingerprint density at radius 2 is 2.62 bits per heavy atom. The van der Waals surface area contributed by atoms with E-state index < -0.39 is 0 Å². The summed E-state index contributed by atoms with van der Waals surface area (Å²) in [5.41, 5.74) is 0. The Bertz CT molecular complexity index is 157. The number of alkyl carbamates (subject to hydrolysis) is 1. The molecule has 1 unspecified atom stereocenters. The van der Waals surface area contributed by atoms with Crippen LogP contribution in [0.15, 0.2) is 0 Å². The molecule has 0 aromatic heterocycles. The third-order valence-electron chi connectivity index (χ3n) is 1.69. The normalized spacial score (nSPS) is 22.4. The number of carbonyl (C=O) groups excluding carboxylic acids is 1. The number of carbonyl (C=O) groups is 1. The number of rotatable bonds is 3. The first kappa shape index (κ1) is 10.3. The molecule has 5 nitrogen and oxygen atoms in total. The van der Waals surface area contributed by atoms with Gasteiger partial charge in [-0.05, 0) is 6.92 Å². The number of nitrogens with one attached hydrogen (secondary N) is 1. The van der Waals surface area contributed by atoms with Gasteiger partial charge in [-0.1, -0.05) is 0 Å². The average Bonchev–Trinajstić information content (AvgIpc) is 2.17. The summed E-state index contributed by atoms with van der Waals surface area (Å²) in [5, 5.41) is 6.88. The molecule has 1 rings (SSSR count). The van der Waals surface area contributed by atoms with Crippen LogP contribution < -0.4 is 10.6 Å². The van der Waals surface area contributed by atoms with E-state index in [-0.39, 0.29) is 12.1 Å². The Morgan fingerprint density at radius 1 is 1.77 bits per heavy atom. The quantitative estimate of drug-likeness (QED) is 0.662. The monoisotopic (exact) mass is 187 g/mol. The Balaban J connectivity index is 2.06. The van der Waals surface area contributed by atoms with Gasteiger partial charge in [0, 0.05) is 13.1 Å². The van der Waals surface area contributed by atoms with Gasteiger partial charge in [-0.2, -0.15) is 0 Å². The first-order valence-electron chi connectivity index (χ1n) is 4.48. The standard InChI is InChI=1S/C8H15N2O3/c1-2-13-8(11)10-5-7-6-12-4-3-9-7/h7H,2-6H2,1H3,(H,10,11). The minimum atomic E-state index is -0.386. The van der Waals surface area contributed by atoms with Crippen LogP contribution in [0.4, 0.5) is 4.79 Å². The summed E-state index contributed by atoms with van der Waals surface area (Å²) in [6.07, 6.45) is -0.386. The van der Waals surface area contributed by atoms with Gasteiger partial charge in [-0.25, -0.2) is 10.1 Å². The molecule has 1 atom stereocenters. The van der Waals surface area contributed by atoms with Crippen molar-refractivity contribution < 1.29 is 14.3 Å². The number of hydrogen-bond acceptors (Lipinski definition) is 3. The van der Waals surface area contributed by atoms with Crippen LogP contribution in [0.3, 0.4) is 0 Å². The van der Waals surface area contributed by atoms with Crippen molar-refractivity contribution in [1.29, 1.82) is 0 Å². The van der Waals surface area contributed by atoms with Crippen molar-refractivity contribution in [1.82, 2.24) is 10.6 Å². The predicted octanol–water partition coefficient (Wildman–Crippen LogP) is -0.264. The highest BCUT2D eigenvalue weighted by Gasteiger charge is 2.14. The van der Waals surface area contributed by atoms with Gasteiger partial charge in [0.2, 0.25) is 0 Å². The van der Waals surface area contributed by atoms with Crippen molar-refractivity contribution in [2.24, 2.45) is 0 Å². The maximum atomic E-state index is 10.9. The lowest BCUT2D eigenvalue weighted by Crippen LogP contribution is -2.44. The summed E-state index contributed by atoms with van der Waals surface area (Å²) in [6.45, 7) is 4.66. The highest BCUT2D eigenvalue weighted by Crippen LogP contribution is 1.93. The van der Waals surface area contributed by atoms with E-state index in [9.17, 15) is 4.79 Å². The maximum Gasteiger partial charge on any atom is 0.407 e. The van der Waals surface area contributed by atoms with E-state index in [4.69, 9.17) is 9.47 Å². The van der Waals surface area contributed by atoms with E-state index in [2.05, 4.69) is 10.6 Å². The van der Waals surface area contributed by atoms with E-state index in [1.165, 1.54) is 0 Å². The molecule has 0 aliphatic carbocycles. The van der Waals surface area contributed by atoms with E-state index in [0.29, 0.717) is 26.4 Å².